The molecule has 0 radical (unpaired) electrons. The molecule has 1 fully saturated rings. The Labute approximate surface area is 114 Å². The van der Waals surface area contributed by atoms with Crippen LogP contribution in [0, 0.1) is 0 Å². The van der Waals surface area contributed by atoms with Gasteiger partial charge in [0, 0.05) is 4.47 Å². The quantitative estimate of drug-likeness (QED) is 0.859. The first-order chi connectivity index (χ1) is 8.17. The molecular weight excluding hydrogens is 296 g/mol. The molecule has 4 heteroatoms. The van der Waals surface area contributed by atoms with Crippen LogP contribution in [0.1, 0.15) is 31.2 Å². The monoisotopic (exact) mass is 310 g/mol. The zero-order valence-electron chi connectivity index (χ0n) is 9.79. The summed E-state index contributed by atoms with van der Waals surface area (Å²) in [5, 5.41) is 4.85. The van der Waals surface area contributed by atoms with E-state index >= 15 is 0 Å². The van der Waals surface area contributed by atoms with Crippen molar-refractivity contribution in [3.63, 3.8) is 0 Å². The molecule has 1 aromatic carbocycles. The Hall–Kier alpha value is -0.450. The number of piperidine rings is 1. The van der Waals surface area contributed by atoms with Crippen molar-refractivity contribution in [2.24, 2.45) is 0 Å². The van der Waals surface area contributed by atoms with Gasteiger partial charge in [-0.05, 0) is 50.9 Å². The lowest BCUT2D eigenvalue weighted by atomic mass is 9.92. The third kappa shape index (κ3) is 2.14. The topological polar surface area (TPSA) is 24.9 Å². The van der Waals surface area contributed by atoms with Gasteiger partial charge in [0.25, 0.3) is 0 Å². The molecule has 1 aliphatic rings. The number of hydrogen-bond donors (Lipinski definition) is 1. The molecule has 2 aromatic rings. The van der Waals surface area contributed by atoms with Crippen molar-refractivity contribution in [1.29, 1.82) is 0 Å². The Morgan fingerprint density at radius 2 is 2.29 bits per heavy atom. The highest BCUT2D eigenvalue weighted by Crippen LogP contribution is 2.35. The number of rotatable bonds is 1. The number of aromatic nitrogens is 1. The van der Waals surface area contributed by atoms with Crippen LogP contribution >= 0.6 is 27.3 Å². The van der Waals surface area contributed by atoms with E-state index < -0.39 is 0 Å². The van der Waals surface area contributed by atoms with Gasteiger partial charge in [0.2, 0.25) is 0 Å². The average Bonchev–Trinajstić information content (AvgIpc) is 2.73. The molecule has 2 nitrogen and oxygen atoms in total. The number of hydrogen-bond acceptors (Lipinski definition) is 3. The second kappa shape index (κ2) is 4.34. The molecule has 0 spiro atoms. The summed E-state index contributed by atoms with van der Waals surface area (Å²) in [7, 11) is 0. The standard InChI is InChI=1S/C13H15BrN2S/c1-13(6-2-3-7-15-13)12-16-10-8-9(14)4-5-11(10)17-12/h4-5,8,15H,2-3,6-7H2,1H3. The largest absolute Gasteiger partial charge is 0.306 e. The van der Waals surface area contributed by atoms with E-state index in [4.69, 9.17) is 4.98 Å². The first-order valence-electron chi connectivity index (χ1n) is 5.99. The van der Waals surface area contributed by atoms with Crippen LogP contribution in [0.5, 0.6) is 0 Å². The maximum absolute atomic E-state index is 4.80. The van der Waals surface area contributed by atoms with Crippen LogP contribution in [0.2, 0.25) is 0 Å². The van der Waals surface area contributed by atoms with Gasteiger partial charge in [0.15, 0.2) is 0 Å². The molecule has 90 valence electrons. The lowest BCUT2D eigenvalue weighted by Gasteiger charge is -2.32. The van der Waals surface area contributed by atoms with Crippen molar-refractivity contribution in [2.75, 3.05) is 6.54 Å². The van der Waals surface area contributed by atoms with E-state index in [1.54, 1.807) is 0 Å². The average molecular weight is 311 g/mol. The minimum atomic E-state index is 0.0778. The summed E-state index contributed by atoms with van der Waals surface area (Å²) in [6.07, 6.45) is 3.77. The van der Waals surface area contributed by atoms with Gasteiger partial charge in [0.1, 0.15) is 5.01 Å². The van der Waals surface area contributed by atoms with Gasteiger partial charge in [-0.25, -0.2) is 4.98 Å². The highest BCUT2D eigenvalue weighted by Gasteiger charge is 2.31. The van der Waals surface area contributed by atoms with E-state index in [2.05, 4.69) is 46.4 Å². The summed E-state index contributed by atoms with van der Waals surface area (Å²) in [4.78, 5) is 4.80. The van der Waals surface area contributed by atoms with Crippen molar-refractivity contribution in [3.8, 4) is 0 Å². The molecule has 3 rings (SSSR count). The smallest absolute Gasteiger partial charge is 0.114 e. The van der Waals surface area contributed by atoms with Gasteiger partial charge in [0.05, 0.1) is 15.8 Å². The Bertz CT molecular complexity index is 543. The van der Waals surface area contributed by atoms with Crippen LogP contribution in [-0.2, 0) is 5.54 Å². The molecule has 0 amide bonds. The van der Waals surface area contributed by atoms with Gasteiger partial charge in [-0.15, -0.1) is 11.3 Å². The fraction of sp³-hybridized carbons (Fsp3) is 0.462. The molecule has 0 aliphatic carbocycles. The summed E-state index contributed by atoms with van der Waals surface area (Å²) >= 11 is 5.32. The first kappa shape index (κ1) is 11.6. The van der Waals surface area contributed by atoms with Gasteiger partial charge in [-0.1, -0.05) is 15.9 Å². The van der Waals surface area contributed by atoms with Gasteiger partial charge in [-0.3, -0.25) is 0 Å². The SMILES string of the molecule is CC1(c2nc3cc(Br)ccc3s2)CCCCN1. The Morgan fingerprint density at radius 1 is 1.41 bits per heavy atom. The van der Waals surface area contributed by atoms with Gasteiger partial charge >= 0.3 is 0 Å². The third-order valence-electron chi connectivity index (χ3n) is 3.44. The molecule has 0 saturated carbocycles. The lowest BCUT2D eigenvalue weighted by Crippen LogP contribution is -2.43. The predicted molar refractivity (Wildman–Crippen MR) is 76.5 cm³/mol. The molecule has 1 N–H and O–H groups in total. The van der Waals surface area contributed by atoms with E-state index in [9.17, 15) is 0 Å². The van der Waals surface area contributed by atoms with E-state index in [0.717, 1.165) is 16.5 Å². The minimum Gasteiger partial charge on any atom is -0.306 e. The molecule has 1 unspecified atom stereocenters. The third-order valence-corrected chi connectivity index (χ3v) is 5.23. The first-order valence-corrected chi connectivity index (χ1v) is 7.60. The number of halogens is 1. The summed E-state index contributed by atoms with van der Waals surface area (Å²) in [5.74, 6) is 0. The molecule has 1 atom stereocenters. The van der Waals surface area contributed by atoms with Crippen molar-refractivity contribution >= 4 is 37.5 Å². The minimum absolute atomic E-state index is 0.0778. The number of thiazole rings is 1. The number of nitrogens with zero attached hydrogens (tertiary/aromatic N) is 1. The summed E-state index contributed by atoms with van der Waals surface area (Å²) in [5.41, 5.74) is 1.18. The summed E-state index contributed by atoms with van der Waals surface area (Å²) in [6.45, 7) is 3.38. The van der Waals surface area contributed by atoms with E-state index in [0.29, 0.717) is 0 Å². The molecule has 1 aromatic heterocycles. The second-order valence-corrected chi connectivity index (χ2v) is 6.79. The van der Waals surface area contributed by atoms with Crippen LogP contribution in [0.4, 0.5) is 0 Å². The molecule has 0 bridgehead atoms. The van der Waals surface area contributed by atoms with Crippen LogP contribution in [0.25, 0.3) is 10.2 Å². The highest BCUT2D eigenvalue weighted by atomic mass is 79.9. The zero-order valence-corrected chi connectivity index (χ0v) is 12.2. The van der Waals surface area contributed by atoms with Gasteiger partial charge < -0.3 is 5.32 Å². The fourth-order valence-corrected chi connectivity index (χ4v) is 3.82. The number of fused-ring (bicyclic) bond motifs is 1. The Morgan fingerprint density at radius 3 is 3.06 bits per heavy atom. The van der Waals surface area contributed by atoms with Crippen LogP contribution in [0.3, 0.4) is 0 Å². The maximum Gasteiger partial charge on any atom is 0.114 e. The number of nitrogens with one attached hydrogen (secondary N) is 1. The summed E-state index contributed by atoms with van der Waals surface area (Å²) < 4.78 is 2.38. The van der Waals surface area contributed by atoms with Crippen molar-refractivity contribution in [2.45, 2.75) is 31.7 Å². The highest BCUT2D eigenvalue weighted by molar-refractivity contribution is 9.10. The van der Waals surface area contributed by atoms with Crippen LogP contribution in [0.15, 0.2) is 22.7 Å². The van der Waals surface area contributed by atoms with E-state index in [1.807, 2.05) is 11.3 Å². The van der Waals surface area contributed by atoms with Crippen molar-refractivity contribution in [3.05, 3.63) is 27.7 Å². The van der Waals surface area contributed by atoms with Crippen LogP contribution < -0.4 is 5.32 Å². The van der Waals surface area contributed by atoms with E-state index in [-0.39, 0.29) is 5.54 Å². The fourth-order valence-electron chi connectivity index (χ4n) is 2.38. The molecule has 1 saturated heterocycles. The Kier molecular flexibility index (Phi) is 2.97. The predicted octanol–water partition coefficient (Wildman–Crippen LogP) is 4.05. The normalized spacial score (nSPS) is 25.3. The van der Waals surface area contributed by atoms with Crippen molar-refractivity contribution < 1.29 is 0 Å². The van der Waals surface area contributed by atoms with Crippen molar-refractivity contribution in [1.82, 2.24) is 10.3 Å². The molecular formula is C13H15BrN2S. The Balaban J connectivity index is 2.05. The maximum atomic E-state index is 4.80. The van der Waals surface area contributed by atoms with E-state index in [1.165, 1.54) is 29.0 Å². The summed E-state index contributed by atoms with van der Waals surface area (Å²) in [6, 6.07) is 6.33. The lowest BCUT2D eigenvalue weighted by molar-refractivity contribution is 0.283. The number of benzene rings is 1. The molecule has 2 heterocycles. The van der Waals surface area contributed by atoms with Gasteiger partial charge in [-0.2, -0.15) is 0 Å². The molecule has 1 aliphatic heterocycles. The zero-order chi connectivity index (χ0) is 11.9. The van der Waals surface area contributed by atoms with Crippen LogP contribution in [-0.4, -0.2) is 11.5 Å². The second-order valence-electron chi connectivity index (χ2n) is 4.85. The molecule has 17 heavy (non-hydrogen) atoms.